The molecule has 0 aliphatic rings. The highest BCUT2D eigenvalue weighted by Crippen LogP contribution is 2.39. The third-order valence-electron chi connectivity index (χ3n) is 2.72. The fourth-order valence-electron chi connectivity index (χ4n) is 1.91. The largest absolute Gasteiger partial charge is 0.496 e. The zero-order valence-electron chi connectivity index (χ0n) is 9.53. The van der Waals surface area contributed by atoms with E-state index in [9.17, 15) is 18.3 Å². The zero-order chi connectivity index (χ0) is 13.3. The molecule has 0 fully saturated rings. The van der Waals surface area contributed by atoms with E-state index in [-0.39, 0.29) is 10.9 Å². The molecule has 0 heterocycles. The van der Waals surface area contributed by atoms with Crippen LogP contribution in [-0.4, -0.2) is 18.4 Å². The summed E-state index contributed by atoms with van der Waals surface area (Å²) in [6, 6.07) is 9.32. The second kappa shape index (κ2) is 4.49. The lowest BCUT2D eigenvalue weighted by Crippen LogP contribution is -2.20. The van der Waals surface area contributed by atoms with Crippen molar-refractivity contribution in [2.75, 3.05) is 7.11 Å². The second-order valence-electron chi connectivity index (χ2n) is 3.85. The third-order valence-corrected chi connectivity index (χ3v) is 2.72. The molecule has 0 aliphatic carbocycles. The zero-order valence-corrected chi connectivity index (χ0v) is 9.53. The van der Waals surface area contributed by atoms with Crippen LogP contribution in [0, 0.1) is 0 Å². The topological polar surface area (TPSA) is 29.5 Å². The summed E-state index contributed by atoms with van der Waals surface area (Å²) in [7, 11) is 1.38. The van der Waals surface area contributed by atoms with Crippen molar-refractivity contribution in [2.45, 2.75) is 12.3 Å². The number of ether oxygens (including phenoxy) is 1. The van der Waals surface area contributed by atoms with Crippen LogP contribution in [0.25, 0.3) is 10.8 Å². The Morgan fingerprint density at radius 1 is 1.11 bits per heavy atom. The fraction of sp³-hybridized carbons (Fsp3) is 0.231. The molecule has 0 saturated heterocycles. The molecule has 0 bridgehead atoms. The highest BCUT2D eigenvalue weighted by molar-refractivity contribution is 5.91. The highest BCUT2D eigenvalue weighted by Gasteiger charge is 2.40. The lowest BCUT2D eigenvalue weighted by molar-refractivity contribution is -0.206. The van der Waals surface area contributed by atoms with Gasteiger partial charge in [0, 0.05) is 10.9 Å². The van der Waals surface area contributed by atoms with Crippen LogP contribution < -0.4 is 4.74 Å². The molecule has 1 unspecified atom stereocenters. The molecule has 0 radical (unpaired) electrons. The van der Waals surface area contributed by atoms with Crippen LogP contribution in [-0.2, 0) is 0 Å². The Morgan fingerprint density at radius 3 is 2.28 bits per heavy atom. The molecular formula is C13H11F3O2. The standard InChI is InChI=1S/C13H11F3O2/c1-18-10-7-3-5-8-4-2-6-9(11(8)10)12(17)13(14,15)16/h2-7,12,17H,1H3. The summed E-state index contributed by atoms with van der Waals surface area (Å²) >= 11 is 0. The van der Waals surface area contributed by atoms with E-state index in [0.717, 1.165) is 0 Å². The van der Waals surface area contributed by atoms with Crippen LogP contribution in [0.5, 0.6) is 5.75 Å². The molecule has 1 atom stereocenters. The van der Waals surface area contributed by atoms with Crippen LogP contribution in [0.4, 0.5) is 13.2 Å². The minimum atomic E-state index is -4.70. The lowest BCUT2D eigenvalue weighted by Gasteiger charge is -2.18. The lowest BCUT2D eigenvalue weighted by atomic mass is 9.99. The number of benzene rings is 2. The van der Waals surface area contributed by atoms with Gasteiger partial charge in [-0.1, -0.05) is 30.3 Å². The summed E-state index contributed by atoms with van der Waals surface area (Å²) in [5.41, 5.74) is -0.197. The number of methoxy groups -OCH3 is 1. The Hall–Kier alpha value is -1.75. The minimum Gasteiger partial charge on any atom is -0.496 e. The van der Waals surface area contributed by atoms with E-state index in [1.165, 1.54) is 19.2 Å². The van der Waals surface area contributed by atoms with Crippen LogP contribution in [0.2, 0.25) is 0 Å². The second-order valence-corrected chi connectivity index (χ2v) is 3.85. The number of rotatable bonds is 2. The first kappa shape index (κ1) is 12.7. The molecule has 0 saturated carbocycles. The molecule has 0 aromatic heterocycles. The maximum atomic E-state index is 12.6. The van der Waals surface area contributed by atoms with Gasteiger partial charge in [-0.05, 0) is 11.5 Å². The first-order chi connectivity index (χ1) is 8.45. The summed E-state index contributed by atoms with van der Waals surface area (Å²) in [6.07, 6.45) is -7.22. The number of fused-ring (bicyclic) bond motifs is 1. The molecule has 2 rings (SSSR count). The predicted molar refractivity (Wildman–Crippen MR) is 61.5 cm³/mol. The highest BCUT2D eigenvalue weighted by atomic mass is 19.4. The average molecular weight is 256 g/mol. The molecule has 1 N–H and O–H groups in total. The van der Waals surface area contributed by atoms with E-state index in [2.05, 4.69) is 0 Å². The van der Waals surface area contributed by atoms with E-state index in [1.807, 2.05) is 0 Å². The number of halogens is 3. The van der Waals surface area contributed by atoms with Crippen molar-refractivity contribution >= 4 is 10.8 Å². The van der Waals surface area contributed by atoms with Crippen LogP contribution in [0.3, 0.4) is 0 Å². The average Bonchev–Trinajstić information content (AvgIpc) is 2.35. The van der Waals surface area contributed by atoms with Gasteiger partial charge < -0.3 is 9.84 Å². The van der Waals surface area contributed by atoms with Crippen LogP contribution in [0.15, 0.2) is 36.4 Å². The molecule has 0 spiro atoms. The summed E-state index contributed by atoms with van der Waals surface area (Å²) in [5.74, 6) is 0.311. The van der Waals surface area contributed by atoms with Crippen molar-refractivity contribution < 1.29 is 23.0 Å². The summed E-state index contributed by atoms with van der Waals surface area (Å²) in [4.78, 5) is 0. The van der Waals surface area contributed by atoms with Crippen molar-refractivity contribution in [3.05, 3.63) is 42.0 Å². The molecular weight excluding hydrogens is 245 g/mol. The molecule has 2 aromatic rings. The number of aliphatic hydroxyl groups excluding tert-OH is 1. The Kier molecular flexibility index (Phi) is 3.17. The van der Waals surface area contributed by atoms with Crippen molar-refractivity contribution in [3.63, 3.8) is 0 Å². The number of alkyl halides is 3. The van der Waals surface area contributed by atoms with Crippen molar-refractivity contribution in [3.8, 4) is 5.75 Å². The van der Waals surface area contributed by atoms with Gasteiger partial charge >= 0.3 is 6.18 Å². The number of aliphatic hydroxyl groups is 1. The van der Waals surface area contributed by atoms with Gasteiger partial charge in [-0.25, -0.2) is 0 Å². The van der Waals surface area contributed by atoms with Crippen LogP contribution >= 0.6 is 0 Å². The van der Waals surface area contributed by atoms with Crippen molar-refractivity contribution in [2.24, 2.45) is 0 Å². The van der Waals surface area contributed by atoms with Gasteiger partial charge in [-0.2, -0.15) is 13.2 Å². The van der Waals surface area contributed by atoms with Gasteiger partial charge in [-0.3, -0.25) is 0 Å². The number of hydrogen-bond acceptors (Lipinski definition) is 2. The SMILES string of the molecule is COc1cccc2cccc(C(O)C(F)(F)F)c12. The van der Waals surface area contributed by atoms with Gasteiger partial charge in [0.15, 0.2) is 6.10 Å². The van der Waals surface area contributed by atoms with Gasteiger partial charge in [0.25, 0.3) is 0 Å². The van der Waals surface area contributed by atoms with Gasteiger partial charge in [0.05, 0.1) is 7.11 Å². The minimum absolute atomic E-state index is 0.197. The fourth-order valence-corrected chi connectivity index (χ4v) is 1.91. The molecule has 2 nitrogen and oxygen atoms in total. The maximum absolute atomic E-state index is 12.6. The monoisotopic (exact) mass is 256 g/mol. The normalized spacial score (nSPS) is 13.6. The van der Waals surface area contributed by atoms with Gasteiger partial charge in [0.2, 0.25) is 0 Å². The van der Waals surface area contributed by atoms with E-state index in [0.29, 0.717) is 11.1 Å². The van der Waals surface area contributed by atoms with E-state index < -0.39 is 12.3 Å². The van der Waals surface area contributed by atoms with E-state index in [4.69, 9.17) is 4.74 Å². The van der Waals surface area contributed by atoms with E-state index in [1.54, 1.807) is 24.3 Å². The molecule has 5 heteroatoms. The molecule has 2 aromatic carbocycles. The Morgan fingerprint density at radius 2 is 1.72 bits per heavy atom. The maximum Gasteiger partial charge on any atom is 0.418 e. The third kappa shape index (κ3) is 2.13. The summed E-state index contributed by atoms with van der Waals surface area (Å²) in [6.45, 7) is 0. The van der Waals surface area contributed by atoms with Gasteiger partial charge in [0.1, 0.15) is 5.75 Å². The Labute approximate surface area is 102 Å². The molecule has 96 valence electrons. The Balaban J connectivity index is 2.71. The summed E-state index contributed by atoms with van der Waals surface area (Å²) in [5, 5.41) is 10.3. The molecule has 0 aliphatic heterocycles. The predicted octanol–water partition coefficient (Wildman–Crippen LogP) is 3.44. The smallest absolute Gasteiger partial charge is 0.418 e. The number of hydrogen-bond donors (Lipinski definition) is 1. The van der Waals surface area contributed by atoms with Gasteiger partial charge in [-0.15, -0.1) is 0 Å². The van der Waals surface area contributed by atoms with Crippen molar-refractivity contribution in [1.82, 2.24) is 0 Å². The van der Waals surface area contributed by atoms with Crippen molar-refractivity contribution in [1.29, 1.82) is 0 Å². The molecule has 0 amide bonds. The van der Waals surface area contributed by atoms with Crippen LogP contribution in [0.1, 0.15) is 11.7 Å². The Bertz CT molecular complexity index is 558. The van der Waals surface area contributed by atoms with E-state index >= 15 is 0 Å². The first-order valence-corrected chi connectivity index (χ1v) is 5.25. The quantitative estimate of drug-likeness (QED) is 0.891. The summed E-state index contributed by atoms with van der Waals surface area (Å²) < 4.78 is 42.9. The first-order valence-electron chi connectivity index (χ1n) is 5.25. The molecule has 18 heavy (non-hydrogen) atoms.